The summed E-state index contributed by atoms with van der Waals surface area (Å²) in [6, 6.07) is 14.4. The molecular weight excluding hydrogens is 601 g/mol. The van der Waals surface area contributed by atoms with Crippen LogP contribution in [0, 0.1) is 23.0 Å². The maximum Gasteiger partial charge on any atom is 0.407 e. The fourth-order valence-corrected chi connectivity index (χ4v) is 5.18. The van der Waals surface area contributed by atoms with E-state index in [1.807, 2.05) is 6.07 Å². The van der Waals surface area contributed by atoms with Crippen LogP contribution in [0.2, 0.25) is 0 Å². The Balaban J connectivity index is 1.40. The molecule has 0 spiro atoms. The van der Waals surface area contributed by atoms with Gasteiger partial charge in [0.2, 0.25) is 5.91 Å². The van der Waals surface area contributed by atoms with Crippen molar-refractivity contribution in [2.24, 2.45) is 0 Å². The van der Waals surface area contributed by atoms with E-state index in [2.05, 4.69) is 15.6 Å². The van der Waals surface area contributed by atoms with Crippen LogP contribution in [0.4, 0.5) is 32.4 Å². The molecule has 0 aliphatic carbocycles. The van der Waals surface area contributed by atoms with Crippen molar-refractivity contribution in [1.29, 1.82) is 5.26 Å². The smallest absolute Gasteiger partial charge is 0.407 e. The average molecular weight is 632 g/mol. The molecule has 0 unspecified atom stereocenters. The topological polar surface area (TPSA) is 128 Å². The van der Waals surface area contributed by atoms with Gasteiger partial charge in [-0.25, -0.2) is 18.6 Å². The number of anilines is 1. The van der Waals surface area contributed by atoms with Gasteiger partial charge in [0, 0.05) is 48.9 Å². The number of pyridine rings is 1. The number of morpholine rings is 1. The van der Waals surface area contributed by atoms with Gasteiger partial charge < -0.3 is 20.5 Å². The van der Waals surface area contributed by atoms with Crippen molar-refractivity contribution in [3.63, 3.8) is 0 Å². The number of amides is 2. The van der Waals surface area contributed by atoms with E-state index in [4.69, 9.17) is 9.84 Å². The van der Waals surface area contributed by atoms with Gasteiger partial charge in [0.05, 0.1) is 12.7 Å². The molecular formula is C31H30F5N5O4. The highest BCUT2D eigenvalue weighted by Gasteiger charge is 2.35. The first-order valence-corrected chi connectivity index (χ1v) is 14.0. The van der Waals surface area contributed by atoms with Gasteiger partial charge in [0.1, 0.15) is 29.9 Å². The molecule has 0 bridgehead atoms. The molecule has 2 heterocycles. The lowest BCUT2D eigenvalue weighted by atomic mass is 9.87. The number of hydrogen-bond acceptors (Lipinski definition) is 6. The Kier molecular flexibility index (Phi) is 11.0. The third-order valence-corrected chi connectivity index (χ3v) is 7.34. The third kappa shape index (κ3) is 9.44. The normalized spacial score (nSPS) is 17.2. The summed E-state index contributed by atoms with van der Waals surface area (Å²) in [5.41, 5.74) is 1.63. The molecule has 3 aromatic rings. The summed E-state index contributed by atoms with van der Waals surface area (Å²) >= 11 is 0. The van der Waals surface area contributed by atoms with Crippen LogP contribution in [0.3, 0.4) is 0 Å². The first kappa shape index (κ1) is 33.3. The number of carbonyl (C=O) groups excluding carboxylic acids is 1. The molecule has 2 aromatic carbocycles. The second-order valence-electron chi connectivity index (χ2n) is 10.6. The van der Waals surface area contributed by atoms with Gasteiger partial charge >= 0.3 is 12.3 Å². The minimum absolute atomic E-state index is 0.0447. The molecule has 14 heteroatoms. The maximum atomic E-state index is 15.0. The van der Waals surface area contributed by atoms with Gasteiger partial charge in [0.15, 0.2) is 0 Å². The minimum atomic E-state index is -4.68. The number of nitriles is 1. The van der Waals surface area contributed by atoms with Crippen molar-refractivity contribution in [2.45, 2.75) is 43.5 Å². The molecule has 1 aliphatic heterocycles. The number of benzene rings is 2. The first-order valence-electron chi connectivity index (χ1n) is 14.0. The molecule has 1 saturated heterocycles. The van der Waals surface area contributed by atoms with Crippen molar-refractivity contribution in [2.75, 3.05) is 31.6 Å². The van der Waals surface area contributed by atoms with Gasteiger partial charge in [-0.1, -0.05) is 24.3 Å². The fourth-order valence-electron chi connectivity index (χ4n) is 5.18. The van der Waals surface area contributed by atoms with Gasteiger partial charge in [0.25, 0.3) is 0 Å². The van der Waals surface area contributed by atoms with Crippen molar-refractivity contribution >= 4 is 17.7 Å². The Bertz CT molecular complexity index is 1520. The van der Waals surface area contributed by atoms with Crippen LogP contribution >= 0.6 is 0 Å². The van der Waals surface area contributed by atoms with Crippen molar-refractivity contribution in [1.82, 2.24) is 15.2 Å². The largest absolute Gasteiger partial charge is 0.465 e. The molecule has 4 rings (SSSR count). The van der Waals surface area contributed by atoms with Crippen LogP contribution in [0.25, 0.3) is 0 Å². The second kappa shape index (κ2) is 14.9. The van der Waals surface area contributed by atoms with Crippen LogP contribution < -0.4 is 10.6 Å². The lowest BCUT2D eigenvalue weighted by Crippen LogP contribution is -2.53. The van der Waals surface area contributed by atoms with E-state index in [-0.39, 0.29) is 47.8 Å². The Morgan fingerprint density at radius 3 is 2.56 bits per heavy atom. The highest BCUT2D eigenvalue weighted by atomic mass is 19.4. The average Bonchev–Trinajstić information content (AvgIpc) is 3.00. The molecule has 0 radical (unpaired) electrons. The molecule has 3 atom stereocenters. The van der Waals surface area contributed by atoms with E-state index >= 15 is 0 Å². The molecule has 0 saturated carbocycles. The third-order valence-electron chi connectivity index (χ3n) is 7.34. The number of carbonyl (C=O) groups is 2. The van der Waals surface area contributed by atoms with Crippen LogP contribution in [0.15, 0.2) is 60.8 Å². The number of aromatic nitrogens is 1. The van der Waals surface area contributed by atoms with Crippen molar-refractivity contribution in [3.8, 4) is 6.07 Å². The fraction of sp³-hybridized carbons (Fsp3) is 0.355. The lowest BCUT2D eigenvalue weighted by Gasteiger charge is -2.33. The number of nitrogens with zero attached hydrogens (tertiary/aromatic N) is 3. The number of halogens is 5. The number of carboxylic acid groups (broad SMARTS) is 1. The molecule has 3 N–H and O–H groups in total. The summed E-state index contributed by atoms with van der Waals surface area (Å²) in [7, 11) is 0. The monoisotopic (exact) mass is 631 g/mol. The zero-order valence-corrected chi connectivity index (χ0v) is 23.9. The number of hydrogen-bond donors (Lipinski definition) is 3. The Morgan fingerprint density at radius 1 is 1.16 bits per heavy atom. The summed E-state index contributed by atoms with van der Waals surface area (Å²) in [5, 5.41) is 24.4. The van der Waals surface area contributed by atoms with E-state index in [1.165, 1.54) is 42.6 Å². The highest BCUT2D eigenvalue weighted by Crippen LogP contribution is 2.31. The quantitative estimate of drug-likeness (QED) is 0.248. The zero-order valence-electron chi connectivity index (χ0n) is 23.9. The Labute approximate surface area is 255 Å². The van der Waals surface area contributed by atoms with E-state index in [0.717, 1.165) is 0 Å². The van der Waals surface area contributed by atoms with E-state index in [1.54, 1.807) is 18.2 Å². The van der Waals surface area contributed by atoms with Gasteiger partial charge in [-0.15, -0.1) is 0 Å². The number of ether oxygens (including phenoxy) is 1. The van der Waals surface area contributed by atoms with Crippen molar-refractivity contribution in [3.05, 3.63) is 94.8 Å². The zero-order chi connectivity index (χ0) is 32.6. The molecule has 238 valence electrons. The second-order valence-corrected chi connectivity index (χ2v) is 10.6. The lowest BCUT2D eigenvalue weighted by molar-refractivity contribution is -0.143. The highest BCUT2D eigenvalue weighted by molar-refractivity contribution is 5.92. The number of rotatable bonds is 11. The van der Waals surface area contributed by atoms with Crippen LogP contribution in [0.5, 0.6) is 0 Å². The summed E-state index contributed by atoms with van der Waals surface area (Å²) in [6.07, 6.45) is -5.06. The van der Waals surface area contributed by atoms with E-state index in [0.29, 0.717) is 17.5 Å². The van der Waals surface area contributed by atoms with Crippen molar-refractivity contribution < 1.29 is 41.4 Å². The molecule has 45 heavy (non-hydrogen) atoms. The summed E-state index contributed by atoms with van der Waals surface area (Å²) in [4.78, 5) is 28.9. The summed E-state index contributed by atoms with van der Waals surface area (Å²) in [6.45, 7) is -1.86. The molecule has 1 aliphatic rings. The molecule has 2 amide bonds. The summed E-state index contributed by atoms with van der Waals surface area (Å²) < 4.78 is 72.5. The first-order chi connectivity index (χ1) is 21.4. The summed E-state index contributed by atoms with van der Waals surface area (Å²) in [5.74, 6) is -2.15. The minimum Gasteiger partial charge on any atom is -0.465 e. The van der Waals surface area contributed by atoms with Crippen LogP contribution in [-0.2, 0) is 16.0 Å². The van der Waals surface area contributed by atoms with E-state index in [9.17, 15) is 36.8 Å². The number of nitrogens with one attached hydrogen (secondary N) is 2. The number of alkyl halides is 3. The predicted octanol–water partition coefficient (Wildman–Crippen LogP) is 5.22. The predicted molar refractivity (Wildman–Crippen MR) is 152 cm³/mol. The van der Waals surface area contributed by atoms with Gasteiger partial charge in [-0.2, -0.15) is 18.4 Å². The standard InChI is InChI=1S/C31H30F5N5O4/c32-20-8-6-19(7-9-20)25(23-3-2-12-38-28(23)14-37)13-29(42)40-27-5-1-4-26(33)24(27)11-10-22-15-39-21(17-45-22)16-41(30(43)44)18-31(34,35)36/h1-9,12,21-22,25,39H,10-11,13,15-18H2,(H,40,42)(H,43,44)/t21-,22+,25-/m0/s1. The van der Waals surface area contributed by atoms with Gasteiger partial charge in [-0.05, 0) is 54.3 Å². The van der Waals surface area contributed by atoms with Crippen LogP contribution in [0.1, 0.15) is 41.1 Å². The Morgan fingerprint density at radius 2 is 1.91 bits per heavy atom. The molecule has 1 aromatic heterocycles. The Hall–Kier alpha value is -4.61. The van der Waals surface area contributed by atoms with Crippen LogP contribution in [-0.4, -0.2) is 71.6 Å². The maximum absolute atomic E-state index is 15.0. The van der Waals surface area contributed by atoms with Gasteiger partial charge in [-0.3, -0.25) is 9.69 Å². The molecule has 1 fully saturated rings. The SMILES string of the molecule is N#Cc1ncccc1[C@@H](CC(=O)Nc1cccc(F)c1CC[C@@H]1CN[C@@H](CN(CC(F)(F)F)C(=O)O)CO1)c1ccc(F)cc1. The van der Waals surface area contributed by atoms with E-state index < -0.39 is 61.0 Å². The molecule has 9 nitrogen and oxygen atoms in total.